The van der Waals surface area contributed by atoms with Gasteiger partial charge in [0.2, 0.25) is 0 Å². The van der Waals surface area contributed by atoms with E-state index in [0.717, 1.165) is 11.1 Å². The number of fused-ring (bicyclic) bond motifs is 1. The highest BCUT2D eigenvalue weighted by Crippen LogP contribution is 2.30. The van der Waals surface area contributed by atoms with Gasteiger partial charge >= 0.3 is 0 Å². The molecule has 6 nitrogen and oxygen atoms in total. The highest BCUT2D eigenvalue weighted by atomic mass is 19.1. The van der Waals surface area contributed by atoms with E-state index in [1.165, 1.54) is 19.2 Å². The molecule has 0 aliphatic carbocycles. The van der Waals surface area contributed by atoms with Crippen molar-refractivity contribution < 1.29 is 23.5 Å². The first-order valence-corrected chi connectivity index (χ1v) is 10.2. The molecule has 1 aliphatic heterocycles. The average Bonchev–Trinajstić information content (AvgIpc) is 2.91. The zero-order valence-corrected chi connectivity index (χ0v) is 17.8. The number of ether oxygens (including phenoxy) is 2. The van der Waals surface area contributed by atoms with Gasteiger partial charge in [0.25, 0.3) is 11.8 Å². The second kappa shape index (κ2) is 9.09. The van der Waals surface area contributed by atoms with E-state index < -0.39 is 6.10 Å². The van der Waals surface area contributed by atoms with Gasteiger partial charge in [-0.3, -0.25) is 9.59 Å². The molecule has 164 valence electrons. The first-order valence-electron chi connectivity index (χ1n) is 10.2. The summed E-state index contributed by atoms with van der Waals surface area (Å²) < 4.78 is 24.4. The summed E-state index contributed by atoms with van der Waals surface area (Å²) in [5.41, 5.74) is 2.58. The van der Waals surface area contributed by atoms with Gasteiger partial charge in [0.1, 0.15) is 17.3 Å². The molecule has 0 bridgehead atoms. The smallest absolute Gasteiger partial charge is 0.263 e. The lowest BCUT2D eigenvalue weighted by Gasteiger charge is -2.22. The molecule has 4 rings (SSSR count). The van der Waals surface area contributed by atoms with Crippen LogP contribution in [0.2, 0.25) is 0 Å². The maximum Gasteiger partial charge on any atom is 0.263 e. The largest absolute Gasteiger partial charge is 0.496 e. The molecule has 7 heteroatoms. The molecule has 0 unspecified atom stereocenters. The van der Waals surface area contributed by atoms with Crippen LogP contribution < -0.4 is 14.8 Å². The minimum atomic E-state index is -0.661. The van der Waals surface area contributed by atoms with E-state index in [2.05, 4.69) is 5.32 Å². The number of rotatable bonds is 5. The van der Waals surface area contributed by atoms with Crippen molar-refractivity contribution in [2.75, 3.05) is 12.4 Å². The third-order valence-electron chi connectivity index (χ3n) is 5.28. The van der Waals surface area contributed by atoms with Gasteiger partial charge in [-0.1, -0.05) is 24.3 Å². The molecule has 1 atom stereocenters. The van der Waals surface area contributed by atoms with Crippen molar-refractivity contribution in [3.63, 3.8) is 0 Å². The molecular weight excluding hydrogens is 411 g/mol. The first kappa shape index (κ1) is 21.4. The Bertz CT molecular complexity index is 1150. The fourth-order valence-electron chi connectivity index (χ4n) is 3.65. The topological polar surface area (TPSA) is 67.9 Å². The maximum atomic E-state index is 13.2. The zero-order chi connectivity index (χ0) is 22.7. The van der Waals surface area contributed by atoms with E-state index in [9.17, 15) is 14.0 Å². The van der Waals surface area contributed by atoms with Gasteiger partial charge in [-0.05, 0) is 55.0 Å². The molecule has 3 aromatic rings. The van der Waals surface area contributed by atoms with Gasteiger partial charge in [-0.15, -0.1) is 0 Å². The molecule has 2 amide bonds. The third-order valence-corrected chi connectivity index (χ3v) is 5.28. The van der Waals surface area contributed by atoms with Crippen molar-refractivity contribution in [3.8, 4) is 11.5 Å². The number of nitrogens with one attached hydrogen (secondary N) is 1. The second-order valence-electron chi connectivity index (χ2n) is 7.56. The number of hydrogen-bond donors (Lipinski definition) is 1. The van der Waals surface area contributed by atoms with Crippen LogP contribution in [0.4, 0.5) is 10.1 Å². The summed E-state index contributed by atoms with van der Waals surface area (Å²) in [7, 11) is 1.51. The number of nitrogens with zero attached hydrogens (tertiary/aromatic N) is 1. The SMILES string of the molecule is COc1ccccc1C(=O)Nc1ccc2c(c1)CN(Cc1ccc(F)cc1)C(=O)[C@H](C)O2. The van der Waals surface area contributed by atoms with E-state index in [4.69, 9.17) is 9.47 Å². The third kappa shape index (κ3) is 4.56. The molecule has 3 aromatic carbocycles. The summed E-state index contributed by atoms with van der Waals surface area (Å²) in [6.45, 7) is 2.32. The normalized spacial score (nSPS) is 15.4. The molecule has 32 heavy (non-hydrogen) atoms. The van der Waals surface area contributed by atoms with Gasteiger partial charge in [0.15, 0.2) is 6.10 Å². The Hall–Kier alpha value is -3.87. The number of benzene rings is 3. The molecule has 1 aliphatic rings. The number of carbonyl (C=O) groups is 2. The number of methoxy groups -OCH3 is 1. The Kier molecular flexibility index (Phi) is 6.07. The summed E-state index contributed by atoms with van der Waals surface area (Å²) in [5, 5.41) is 2.88. The van der Waals surface area contributed by atoms with E-state index in [1.54, 1.807) is 66.4 Å². The first-order chi connectivity index (χ1) is 15.4. The summed E-state index contributed by atoms with van der Waals surface area (Å²) >= 11 is 0. The Morgan fingerprint density at radius 2 is 1.91 bits per heavy atom. The molecule has 1 heterocycles. The number of amides is 2. The monoisotopic (exact) mass is 434 g/mol. The summed E-state index contributed by atoms with van der Waals surface area (Å²) in [6, 6.07) is 18.3. The minimum Gasteiger partial charge on any atom is -0.496 e. The zero-order valence-electron chi connectivity index (χ0n) is 17.8. The fourth-order valence-corrected chi connectivity index (χ4v) is 3.65. The van der Waals surface area contributed by atoms with Crippen LogP contribution in [0.15, 0.2) is 66.7 Å². The van der Waals surface area contributed by atoms with Crippen molar-refractivity contribution in [3.05, 3.63) is 89.2 Å². The predicted molar refractivity (Wildman–Crippen MR) is 118 cm³/mol. The Morgan fingerprint density at radius 3 is 2.66 bits per heavy atom. The molecule has 0 radical (unpaired) electrons. The highest BCUT2D eigenvalue weighted by Gasteiger charge is 2.28. The van der Waals surface area contributed by atoms with Gasteiger partial charge < -0.3 is 19.7 Å². The van der Waals surface area contributed by atoms with Crippen LogP contribution in [-0.2, 0) is 17.9 Å². The molecule has 1 N–H and O–H groups in total. The second-order valence-corrected chi connectivity index (χ2v) is 7.56. The Balaban J connectivity index is 1.57. The molecular formula is C25H23FN2O4. The van der Waals surface area contributed by atoms with Gasteiger partial charge in [-0.2, -0.15) is 0 Å². The number of carbonyl (C=O) groups excluding carboxylic acids is 2. The van der Waals surface area contributed by atoms with Crippen LogP contribution in [-0.4, -0.2) is 29.9 Å². The van der Waals surface area contributed by atoms with Crippen LogP contribution in [0, 0.1) is 5.82 Å². The van der Waals surface area contributed by atoms with Crippen LogP contribution >= 0.6 is 0 Å². The fraction of sp³-hybridized carbons (Fsp3) is 0.200. The van der Waals surface area contributed by atoms with Gasteiger partial charge in [0.05, 0.1) is 12.7 Å². The number of hydrogen-bond acceptors (Lipinski definition) is 4. The number of halogens is 1. The van der Waals surface area contributed by atoms with Crippen LogP contribution in [0.25, 0.3) is 0 Å². The van der Waals surface area contributed by atoms with Crippen LogP contribution in [0.3, 0.4) is 0 Å². The molecule has 0 saturated carbocycles. The molecule has 0 saturated heterocycles. The van der Waals surface area contributed by atoms with Crippen molar-refractivity contribution in [1.82, 2.24) is 4.90 Å². The average molecular weight is 434 g/mol. The standard InChI is InChI=1S/C25H23FN2O4/c1-16-25(30)28(14-17-7-9-19(26)10-8-17)15-18-13-20(11-12-22(18)32-16)27-24(29)21-5-3-4-6-23(21)31-2/h3-13,16H,14-15H2,1-2H3,(H,27,29)/t16-/m0/s1. The Morgan fingerprint density at radius 1 is 1.16 bits per heavy atom. The van der Waals surface area contributed by atoms with Gasteiger partial charge in [-0.25, -0.2) is 4.39 Å². The number of para-hydroxylation sites is 1. The summed E-state index contributed by atoms with van der Waals surface area (Å²) in [4.78, 5) is 27.3. The van der Waals surface area contributed by atoms with E-state index >= 15 is 0 Å². The van der Waals surface area contributed by atoms with Crippen molar-refractivity contribution >= 4 is 17.5 Å². The van der Waals surface area contributed by atoms with Crippen molar-refractivity contribution in [2.24, 2.45) is 0 Å². The molecule has 0 aromatic heterocycles. The lowest BCUT2D eigenvalue weighted by atomic mass is 10.1. The molecule has 0 spiro atoms. The van der Waals surface area contributed by atoms with E-state index in [-0.39, 0.29) is 17.6 Å². The molecule has 0 fully saturated rings. The van der Waals surface area contributed by atoms with Crippen molar-refractivity contribution in [1.29, 1.82) is 0 Å². The lowest BCUT2D eigenvalue weighted by Crippen LogP contribution is -2.37. The summed E-state index contributed by atoms with van der Waals surface area (Å²) in [5.74, 6) is 0.277. The van der Waals surface area contributed by atoms with Crippen LogP contribution in [0.5, 0.6) is 11.5 Å². The summed E-state index contributed by atoms with van der Waals surface area (Å²) in [6.07, 6.45) is -0.661. The predicted octanol–water partition coefficient (Wildman–Crippen LogP) is 4.40. The van der Waals surface area contributed by atoms with E-state index in [0.29, 0.717) is 35.8 Å². The maximum absolute atomic E-state index is 13.2. The number of anilines is 1. The quantitative estimate of drug-likeness (QED) is 0.647. The minimum absolute atomic E-state index is 0.162. The Labute approximate surface area is 185 Å². The van der Waals surface area contributed by atoms with Crippen LogP contribution in [0.1, 0.15) is 28.4 Å². The van der Waals surface area contributed by atoms with E-state index in [1.807, 2.05) is 0 Å². The van der Waals surface area contributed by atoms with Crippen molar-refractivity contribution in [2.45, 2.75) is 26.1 Å². The highest BCUT2D eigenvalue weighted by molar-refractivity contribution is 6.06. The lowest BCUT2D eigenvalue weighted by molar-refractivity contribution is -0.138. The van der Waals surface area contributed by atoms with Gasteiger partial charge in [0, 0.05) is 24.3 Å².